The summed E-state index contributed by atoms with van der Waals surface area (Å²) < 4.78 is 8.07. The molecule has 9 heteroatoms. The Kier molecular flexibility index (Phi) is 5.65. The van der Waals surface area contributed by atoms with Gasteiger partial charge in [0.1, 0.15) is 19.2 Å². The van der Waals surface area contributed by atoms with Crippen LogP contribution < -0.4 is 4.90 Å². The number of morpholine rings is 1. The molecule has 8 nitrogen and oxygen atoms in total. The highest BCUT2D eigenvalue weighted by atomic mass is 32.1. The lowest BCUT2D eigenvalue weighted by molar-refractivity contribution is -0.119. The van der Waals surface area contributed by atoms with E-state index >= 15 is 0 Å². The van der Waals surface area contributed by atoms with Crippen LogP contribution in [0.3, 0.4) is 0 Å². The average molecular weight is 401 g/mol. The lowest BCUT2D eigenvalue weighted by Gasteiger charge is -2.29. The van der Waals surface area contributed by atoms with Crippen molar-refractivity contribution in [1.29, 1.82) is 0 Å². The van der Waals surface area contributed by atoms with Gasteiger partial charge < -0.3 is 4.74 Å². The molecule has 148 valence electrons. The van der Waals surface area contributed by atoms with Crippen LogP contribution >= 0.6 is 11.3 Å². The van der Waals surface area contributed by atoms with Gasteiger partial charge in [0.05, 0.1) is 23.4 Å². The molecule has 2 aromatic heterocycles. The molecule has 1 aromatic carbocycles. The normalized spacial score (nSPS) is 15.2. The summed E-state index contributed by atoms with van der Waals surface area (Å²) in [6.45, 7) is 8.96. The lowest BCUT2D eigenvalue weighted by atomic mass is 10.1. The van der Waals surface area contributed by atoms with Gasteiger partial charge in [-0.15, -0.1) is 0 Å². The minimum Gasteiger partial charge on any atom is -0.379 e. The molecule has 0 bridgehead atoms. The number of aryl methyl sites for hydroxylation is 2. The standard InChI is InChI=1S/C19H24N6O2S/c1-14-3-4-16-18(15(14)2)22-19(28-16)25(6-5-23-7-9-27-10-8-23)17(26)11-24-13-20-12-21-24/h3-4,12-13H,5-11H2,1-2H3. The molecular formula is C19H24N6O2S. The van der Waals surface area contributed by atoms with Crippen molar-refractivity contribution in [2.24, 2.45) is 0 Å². The highest BCUT2D eigenvalue weighted by Crippen LogP contribution is 2.32. The molecule has 0 aliphatic carbocycles. The van der Waals surface area contributed by atoms with Crippen molar-refractivity contribution in [2.45, 2.75) is 20.4 Å². The minimum atomic E-state index is -0.0350. The molecule has 28 heavy (non-hydrogen) atoms. The van der Waals surface area contributed by atoms with Crippen molar-refractivity contribution < 1.29 is 9.53 Å². The van der Waals surface area contributed by atoms with Crippen LogP contribution in [0.2, 0.25) is 0 Å². The first-order chi connectivity index (χ1) is 13.6. The number of rotatable bonds is 6. The van der Waals surface area contributed by atoms with E-state index in [1.165, 1.54) is 11.9 Å². The van der Waals surface area contributed by atoms with Crippen LogP contribution in [0, 0.1) is 13.8 Å². The van der Waals surface area contributed by atoms with Gasteiger partial charge in [0.15, 0.2) is 5.13 Å². The summed E-state index contributed by atoms with van der Waals surface area (Å²) in [7, 11) is 0. The Morgan fingerprint density at radius 1 is 1.29 bits per heavy atom. The van der Waals surface area contributed by atoms with Gasteiger partial charge in [0.2, 0.25) is 0 Å². The number of thiazole rings is 1. The first-order valence-electron chi connectivity index (χ1n) is 9.41. The Morgan fingerprint density at radius 3 is 2.86 bits per heavy atom. The summed E-state index contributed by atoms with van der Waals surface area (Å²) in [5.74, 6) is -0.0350. The molecule has 0 spiro atoms. The molecule has 1 amide bonds. The molecule has 3 aromatic rings. The predicted molar refractivity (Wildman–Crippen MR) is 109 cm³/mol. The minimum absolute atomic E-state index is 0.0350. The van der Waals surface area contributed by atoms with Gasteiger partial charge in [-0.05, 0) is 31.0 Å². The van der Waals surface area contributed by atoms with Crippen molar-refractivity contribution >= 4 is 32.6 Å². The van der Waals surface area contributed by atoms with Gasteiger partial charge >= 0.3 is 0 Å². The zero-order valence-corrected chi connectivity index (χ0v) is 17.0. The van der Waals surface area contributed by atoms with Crippen LogP contribution in [-0.2, 0) is 16.1 Å². The number of hydrogen-bond donors (Lipinski definition) is 0. The number of fused-ring (bicyclic) bond motifs is 1. The number of nitrogens with zero attached hydrogens (tertiary/aromatic N) is 6. The van der Waals surface area contributed by atoms with Gasteiger partial charge in [0, 0.05) is 26.2 Å². The van der Waals surface area contributed by atoms with Gasteiger partial charge in [-0.3, -0.25) is 14.6 Å². The molecule has 3 heterocycles. The number of amides is 1. The van der Waals surface area contributed by atoms with Crippen molar-refractivity contribution in [2.75, 3.05) is 44.3 Å². The van der Waals surface area contributed by atoms with Crippen LogP contribution in [0.5, 0.6) is 0 Å². The van der Waals surface area contributed by atoms with Gasteiger partial charge in [-0.1, -0.05) is 17.4 Å². The summed E-state index contributed by atoms with van der Waals surface area (Å²) in [6, 6.07) is 4.19. The molecule has 0 N–H and O–H groups in total. The Balaban J connectivity index is 1.59. The van der Waals surface area contributed by atoms with E-state index < -0.39 is 0 Å². The van der Waals surface area contributed by atoms with Crippen molar-refractivity contribution in [3.05, 3.63) is 35.9 Å². The zero-order chi connectivity index (χ0) is 19.5. The van der Waals surface area contributed by atoms with Crippen molar-refractivity contribution in [1.82, 2.24) is 24.6 Å². The number of hydrogen-bond acceptors (Lipinski definition) is 7. The molecule has 1 fully saturated rings. The topological polar surface area (TPSA) is 76.4 Å². The molecule has 1 aliphatic heterocycles. The molecule has 4 rings (SSSR count). The first-order valence-corrected chi connectivity index (χ1v) is 10.2. The number of anilines is 1. The number of carbonyl (C=O) groups excluding carboxylic acids is 1. The highest BCUT2D eigenvalue weighted by molar-refractivity contribution is 7.22. The molecule has 0 atom stereocenters. The maximum atomic E-state index is 13.1. The van der Waals surface area contributed by atoms with E-state index in [0.717, 1.165) is 53.8 Å². The second kappa shape index (κ2) is 8.34. The lowest BCUT2D eigenvalue weighted by Crippen LogP contribution is -2.44. The van der Waals surface area contributed by atoms with Crippen LogP contribution in [0.4, 0.5) is 5.13 Å². The van der Waals surface area contributed by atoms with Crippen LogP contribution in [0.1, 0.15) is 11.1 Å². The molecule has 0 saturated carbocycles. The van der Waals surface area contributed by atoms with Gasteiger partial charge in [0.25, 0.3) is 5.91 Å². The average Bonchev–Trinajstić information content (AvgIpc) is 3.36. The smallest absolute Gasteiger partial charge is 0.250 e. The third kappa shape index (κ3) is 4.06. The second-order valence-electron chi connectivity index (χ2n) is 6.94. The molecule has 0 unspecified atom stereocenters. The molecular weight excluding hydrogens is 376 g/mol. The Morgan fingerprint density at radius 2 is 2.11 bits per heavy atom. The maximum Gasteiger partial charge on any atom is 0.250 e. The number of ether oxygens (including phenoxy) is 1. The first kappa shape index (κ1) is 19.0. The fraction of sp³-hybridized carbons (Fsp3) is 0.474. The van der Waals surface area contributed by atoms with Crippen LogP contribution in [0.15, 0.2) is 24.8 Å². The van der Waals surface area contributed by atoms with Crippen LogP contribution in [0.25, 0.3) is 10.2 Å². The van der Waals surface area contributed by atoms with Crippen LogP contribution in [-0.4, -0.2) is 69.9 Å². The third-order valence-corrected chi connectivity index (χ3v) is 6.16. The molecule has 0 radical (unpaired) electrons. The van der Waals surface area contributed by atoms with Crippen molar-refractivity contribution in [3.63, 3.8) is 0 Å². The van der Waals surface area contributed by atoms with E-state index in [9.17, 15) is 4.79 Å². The van der Waals surface area contributed by atoms with E-state index in [-0.39, 0.29) is 12.5 Å². The summed E-state index contributed by atoms with van der Waals surface area (Å²) in [4.78, 5) is 25.9. The summed E-state index contributed by atoms with van der Waals surface area (Å²) in [5.41, 5.74) is 3.35. The highest BCUT2D eigenvalue weighted by Gasteiger charge is 2.22. The zero-order valence-electron chi connectivity index (χ0n) is 16.2. The Labute approximate surface area is 167 Å². The van der Waals surface area contributed by atoms with E-state index in [1.807, 2.05) is 0 Å². The largest absolute Gasteiger partial charge is 0.379 e. The summed E-state index contributed by atoms with van der Waals surface area (Å²) >= 11 is 1.56. The number of carbonyl (C=O) groups is 1. The quantitative estimate of drug-likeness (QED) is 0.629. The SMILES string of the molecule is Cc1ccc2sc(N(CCN3CCOCC3)C(=O)Cn3cncn3)nc2c1C. The van der Waals surface area contributed by atoms with Crippen molar-refractivity contribution in [3.8, 4) is 0 Å². The van der Waals surface area contributed by atoms with Gasteiger partial charge in [-0.25, -0.2) is 14.6 Å². The van der Waals surface area contributed by atoms with Gasteiger partial charge in [-0.2, -0.15) is 5.10 Å². The monoisotopic (exact) mass is 400 g/mol. The maximum absolute atomic E-state index is 13.1. The van der Waals surface area contributed by atoms with E-state index in [0.29, 0.717) is 6.54 Å². The third-order valence-electron chi connectivity index (χ3n) is 5.11. The summed E-state index contributed by atoms with van der Waals surface area (Å²) in [6.07, 6.45) is 3.00. The Bertz CT molecular complexity index is 949. The fourth-order valence-electron chi connectivity index (χ4n) is 3.26. The van der Waals surface area contributed by atoms with E-state index in [1.54, 1.807) is 27.2 Å². The number of aromatic nitrogens is 4. The Hall–Kier alpha value is -2.36. The second-order valence-corrected chi connectivity index (χ2v) is 7.95. The fourth-order valence-corrected chi connectivity index (χ4v) is 4.33. The number of benzene rings is 1. The molecule has 1 aliphatic rings. The van der Waals surface area contributed by atoms with E-state index in [4.69, 9.17) is 9.72 Å². The predicted octanol–water partition coefficient (Wildman–Crippen LogP) is 1.87. The molecule has 1 saturated heterocycles. The summed E-state index contributed by atoms with van der Waals surface area (Å²) in [5, 5.41) is 4.80. The van der Waals surface area contributed by atoms with E-state index in [2.05, 4.69) is 41.0 Å².